The Morgan fingerprint density at radius 2 is 1.44 bits per heavy atom. The highest BCUT2D eigenvalue weighted by atomic mass is 16.5. The summed E-state index contributed by atoms with van der Waals surface area (Å²) >= 11 is 0. The van der Waals surface area contributed by atoms with E-state index in [9.17, 15) is 19.8 Å². The van der Waals surface area contributed by atoms with Crippen LogP contribution in [0.4, 0.5) is 0 Å². The minimum absolute atomic E-state index is 0.520. The first-order valence-corrected chi connectivity index (χ1v) is 4.80. The third-order valence-electron chi connectivity index (χ3n) is 2.75. The molecule has 0 atom stereocenters. The molecule has 0 aliphatic heterocycles. The van der Waals surface area contributed by atoms with Crippen molar-refractivity contribution in [3.05, 3.63) is 0 Å². The molecule has 0 aromatic carbocycles. The fourth-order valence-corrected chi connectivity index (χ4v) is 1.39. The monoisotopic (exact) mass is 228 g/mol. The van der Waals surface area contributed by atoms with Gasteiger partial charge in [0, 0.05) is 5.92 Å². The average Bonchev–Trinajstić information content (AvgIpc) is 2.16. The number of rotatable bonds is 5. The molecule has 0 unspecified atom stereocenters. The maximum Gasteiger partial charge on any atom is 0.237 e. The molecule has 0 fully saturated rings. The molecule has 6 nitrogen and oxygen atoms in total. The van der Waals surface area contributed by atoms with E-state index in [-0.39, 0.29) is 0 Å². The van der Waals surface area contributed by atoms with E-state index in [1.807, 2.05) is 0 Å². The molecule has 0 aromatic heterocycles. The van der Waals surface area contributed by atoms with Crippen molar-refractivity contribution in [2.45, 2.75) is 39.6 Å². The largest absolute Gasteiger partial charge is 0.365 e. The molecule has 16 heavy (non-hydrogen) atoms. The minimum Gasteiger partial charge on any atom is -0.365 e. The van der Waals surface area contributed by atoms with E-state index in [1.165, 1.54) is 26.0 Å². The molecule has 0 aromatic rings. The molecule has 0 aliphatic rings. The molecule has 2 N–H and O–H groups in total. The summed E-state index contributed by atoms with van der Waals surface area (Å²) in [6.07, 6.45) is 1.28. The first-order valence-electron chi connectivity index (χ1n) is 4.80. The van der Waals surface area contributed by atoms with Crippen LogP contribution in [0.15, 0.2) is 9.98 Å². The van der Waals surface area contributed by atoms with Gasteiger partial charge in [0.15, 0.2) is 12.0 Å². The summed E-state index contributed by atoms with van der Waals surface area (Å²) in [5.74, 6) is -2.65. The lowest BCUT2D eigenvalue weighted by Gasteiger charge is -2.42. The SMILES string of the molecule is CC(C)C(O)(O)C(C)(C)C(N=C=O)N=C=O. The fourth-order valence-electron chi connectivity index (χ4n) is 1.39. The van der Waals surface area contributed by atoms with Crippen molar-refractivity contribution < 1.29 is 19.8 Å². The summed E-state index contributed by atoms with van der Waals surface area (Å²) in [5.41, 5.74) is -1.31. The first kappa shape index (κ1) is 14.7. The molecule has 0 amide bonds. The van der Waals surface area contributed by atoms with E-state index in [0.717, 1.165) is 0 Å². The van der Waals surface area contributed by atoms with Crippen molar-refractivity contribution in [1.29, 1.82) is 0 Å². The summed E-state index contributed by atoms with van der Waals surface area (Å²) < 4.78 is 0. The lowest BCUT2D eigenvalue weighted by atomic mass is 9.75. The lowest BCUT2D eigenvalue weighted by Crippen LogP contribution is -2.53. The van der Waals surface area contributed by atoms with Crippen LogP contribution in [-0.2, 0) is 9.59 Å². The van der Waals surface area contributed by atoms with Crippen molar-refractivity contribution >= 4 is 12.2 Å². The van der Waals surface area contributed by atoms with Crippen molar-refractivity contribution in [2.24, 2.45) is 21.3 Å². The summed E-state index contributed by atoms with van der Waals surface area (Å²) in [6, 6.07) is 0. The Bertz CT molecular complexity index is 319. The quantitative estimate of drug-likeness (QED) is 0.403. The summed E-state index contributed by atoms with van der Waals surface area (Å²) in [7, 11) is 0. The highest BCUT2D eigenvalue weighted by Gasteiger charge is 2.50. The Kier molecular flexibility index (Phi) is 4.72. The van der Waals surface area contributed by atoms with Crippen LogP contribution in [-0.4, -0.2) is 34.3 Å². The predicted molar refractivity (Wildman–Crippen MR) is 55.8 cm³/mol. The van der Waals surface area contributed by atoms with Crippen LogP contribution >= 0.6 is 0 Å². The van der Waals surface area contributed by atoms with Crippen LogP contribution in [0.2, 0.25) is 0 Å². The van der Waals surface area contributed by atoms with Crippen LogP contribution in [0.5, 0.6) is 0 Å². The van der Waals surface area contributed by atoms with Gasteiger partial charge in [-0.1, -0.05) is 27.7 Å². The number of isocyanates is 2. The van der Waals surface area contributed by atoms with Gasteiger partial charge in [-0.3, -0.25) is 0 Å². The van der Waals surface area contributed by atoms with Crippen LogP contribution < -0.4 is 0 Å². The van der Waals surface area contributed by atoms with E-state index in [4.69, 9.17) is 0 Å². The molecular formula is C10H16N2O4. The number of carbonyl (C=O) groups excluding carboxylic acids is 2. The molecule has 0 saturated carbocycles. The maximum atomic E-state index is 10.2. The second-order valence-electron chi connectivity index (χ2n) is 4.42. The molecule has 0 rings (SSSR count). The van der Waals surface area contributed by atoms with Gasteiger partial charge < -0.3 is 10.2 Å². The molecule has 6 heteroatoms. The number of nitrogens with zero attached hydrogens (tertiary/aromatic N) is 2. The Balaban J connectivity index is 5.43. The Hall–Kier alpha value is -1.32. The molecule has 0 radical (unpaired) electrons. The van der Waals surface area contributed by atoms with Crippen LogP contribution in [0.1, 0.15) is 27.7 Å². The summed E-state index contributed by atoms with van der Waals surface area (Å²) in [5, 5.41) is 19.8. The normalized spacial score (nSPS) is 13.9. The zero-order valence-corrected chi connectivity index (χ0v) is 9.76. The second-order valence-corrected chi connectivity index (χ2v) is 4.42. The van der Waals surface area contributed by atoms with E-state index in [1.54, 1.807) is 13.8 Å². The van der Waals surface area contributed by atoms with Gasteiger partial charge in [0.05, 0.1) is 5.41 Å². The lowest BCUT2D eigenvalue weighted by molar-refractivity contribution is -0.264. The van der Waals surface area contributed by atoms with E-state index < -0.39 is 23.3 Å². The Labute approximate surface area is 93.7 Å². The molecule has 0 spiro atoms. The molecule has 0 bridgehead atoms. The number of aliphatic hydroxyl groups is 2. The van der Waals surface area contributed by atoms with Crippen molar-refractivity contribution in [2.75, 3.05) is 0 Å². The number of aliphatic imine (C=N–C) groups is 2. The van der Waals surface area contributed by atoms with Gasteiger partial charge in [0.2, 0.25) is 12.2 Å². The standard InChI is InChI=1S/C10H16N2O4/c1-7(2)10(15,16)9(3,4)8(11-5-13)12-6-14/h7-8,15-16H,1-4H3. The molecule has 0 aliphatic carbocycles. The van der Waals surface area contributed by atoms with Crippen LogP contribution in [0.25, 0.3) is 0 Å². The number of hydrogen-bond donors (Lipinski definition) is 2. The van der Waals surface area contributed by atoms with Crippen molar-refractivity contribution in [3.63, 3.8) is 0 Å². The highest BCUT2D eigenvalue weighted by molar-refractivity contribution is 5.37. The molecule has 0 heterocycles. The van der Waals surface area contributed by atoms with Gasteiger partial charge in [-0.2, -0.15) is 9.98 Å². The second kappa shape index (κ2) is 5.14. The first-order chi connectivity index (χ1) is 7.21. The van der Waals surface area contributed by atoms with Gasteiger partial charge in [-0.05, 0) is 0 Å². The zero-order chi connectivity index (χ0) is 13.0. The van der Waals surface area contributed by atoms with Crippen molar-refractivity contribution in [1.82, 2.24) is 0 Å². The van der Waals surface area contributed by atoms with E-state index in [0.29, 0.717) is 0 Å². The maximum absolute atomic E-state index is 10.2. The van der Waals surface area contributed by atoms with Gasteiger partial charge in [0.25, 0.3) is 0 Å². The fraction of sp³-hybridized carbons (Fsp3) is 0.800. The molecule has 0 saturated heterocycles. The van der Waals surface area contributed by atoms with Gasteiger partial charge in [-0.15, -0.1) is 0 Å². The number of hydrogen-bond acceptors (Lipinski definition) is 6. The zero-order valence-electron chi connectivity index (χ0n) is 9.76. The van der Waals surface area contributed by atoms with Crippen LogP contribution in [0.3, 0.4) is 0 Å². The highest BCUT2D eigenvalue weighted by Crippen LogP contribution is 2.39. The van der Waals surface area contributed by atoms with Gasteiger partial charge in [0.1, 0.15) is 0 Å². The third-order valence-corrected chi connectivity index (χ3v) is 2.75. The molecule has 90 valence electrons. The van der Waals surface area contributed by atoms with Gasteiger partial charge >= 0.3 is 0 Å². The smallest absolute Gasteiger partial charge is 0.237 e. The third kappa shape index (κ3) is 2.62. The van der Waals surface area contributed by atoms with Crippen LogP contribution in [0, 0.1) is 11.3 Å². The Morgan fingerprint density at radius 3 is 1.69 bits per heavy atom. The minimum atomic E-state index is -2.13. The topological polar surface area (TPSA) is 99.3 Å². The summed E-state index contributed by atoms with van der Waals surface area (Å²) in [6.45, 7) is 6.07. The van der Waals surface area contributed by atoms with E-state index >= 15 is 0 Å². The Morgan fingerprint density at radius 1 is 1.06 bits per heavy atom. The van der Waals surface area contributed by atoms with Gasteiger partial charge in [-0.25, -0.2) is 9.59 Å². The van der Waals surface area contributed by atoms with Crippen molar-refractivity contribution in [3.8, 4) is 0 Å². The summed E-state index contributed by atoms with van der Waals surface area (Å²) in [4.78, 5) is 26.9. The molecular weight excluding hydrogens is 212 g/mol. The van der Waals surface area contributed by atoms with E-state index in [2.05, 4.69) is 9.98 Å². The predicted octanol–water partition coefficient (Wildman–Crippen LogP) is 0.347. The average molecular weight is 228 g/mol.